The van der Waals surface area contributed by atoms with Crippen LogP contribution in [-0.2, 0) is 0 Å². The number of rotatable bonds is 1. The minimum absolute atomic E-state index is 0.405. The van der Waals surface area contributed by atoms with Crippen LogP contribution in [0.5, 0.6) is 0 Å². The first-order valence-electron chi connectivity index (χ1n) is 5.98. The SMILES string of the molecule is C[Si](C)c1cccc2cc3ccccc3cc12. The fraction of sp³-hybridized carbons (Fsp3) is 0.125. The lowest BCUT2D eigenvalue weighted by atomic mass is 10.0. The minimum atomic E-state index is -0.405. The molecule has 3 aromatic carbocycles. The van der Waals surface area contributed by atoms with Gasteiger partial charge < -0.3 is 0 Å². The molecule has 83 valence electrons. The molecule has 0 unspecified atom stereocenters. The van der Waals surface area contributed by atoms with Crippen LogP contribution in [0, 0.1) is 0 Å². The first kappa shape index (κ1) is 10.5. The van der Waals surface area contributed by atoms with Gasteiger partial charge >= 0.3 is 0 Å². The van der Waals surface area contributed by atoms with Gasteiger partial charge in [0.2, 0.25) is 0 Å². The summed E-state index contributed by atoms with van der Waals surface area (Å²) in [7, 11) is -0.405. The molecule has 1 heteroatoms. The second-order valence-electron chi connectivity index (χ2n) is 4.73. The van der Waals surface area contributed by atoms with Crippen LogP contribution in [-0.4, -0.2) is 8.80 Å². The van der Waals surface area contributed by atoms with Gasteiger partial charge in [-0.1, -0.05) is 60.7 Å². The number of fused-ring (bicyclic) bond motifs is 2. The van der Waals surface area contributed by atoms with Crippen LogP contribution in [0.1, 0.15) is 0 Å². The Kier molecular flexibility index (Phi) is 2.48. The number of benzene rings is 3. The summed E-state index contributed by atoms with van der Waals surface area (Å²) < 4.78 is 0. The Bertz CT molecular complexity index is 683. The predicted molar refractivity (Wildman–Crippen MR) is 78.6 cm³/mol. The van der Waals surface area contributed by atoms with Crippen molar-refractivity contribution in [1.29, 1.82) is 0 Å². The van der Waals surface area contributed by atoms with E-state index in [1.807, 2.05) is 0 Å². The third-order valence-corrected chi connectivity index (χ3v) is 4.80. The molecule has 0 saturated carbocycles. The maximum atomic E-state index is 2.36. The zero-order chi connectivity index (χ0) is 11.8. The van der Waals surface area contributed by atoms with Gasteiger partial charge in [-0.25, -0.2) is 0 Å². The third-order valence-electron chi connectivity index (χ3n) is 3.29. The van der Waals surface area contributed by atoms with E-state index in [1.54, 1.807) is 5.19 Å². The van der Waals surface area contributed by atoms with Crippen molar-refractivity contribution in [3.8, 4) is 0 Å². The van der Waals surface area contributed by atoms with Crippen molar-refractivity contribution in [2.75, 3.05) is 0 Å². The average Bonchev–Trinajstić information content (AvgIpc) is 2.35. The summed E-state index contributed by atoms with van der Waals surface area (Å²) in [4.78, 5) is 0. The lowest BCUT2D eigenvalue weighted by molar-refractivity contribution is 1.77. The highest BCUT2D eigenvalue weighted by Crippen LogP contribution is 2.21. The fourth-order valence-electron chi connectivity index (χ4n) is 2.40. The largest absolute Gasteiger partial charge is 0.0799 e. The van der Waals surface area contributed by atoms with Crippen molar-refractivity contribution in [3.05, 3.63) is 54.6 Å². The molecular formula is C16H15Si. The topological polar surface area (TPSA) is 0 Å². The molecule has 3 rings (SSSR count). The minimum Gasteiger partial charge on any atom is -0.0671 e. The second-order valence-corrected chi connectivity index (χ2v) is 7.26. The van der Waals surface area contributed by atoms with E-state index in [-0.39, 0.29) is 0 Å². The van der Waals surface area contributed by atoms with Gasteiger partial charge in [0, 0.05) is 0 Å². The average molecular weight is 235 g/mol. The van der Waals surface area contributed by atoms with Crippen molar-refractivity contribution < 1.29 is 0 Å². The van der Waals surface area contributed by atoms with E-state index < -0.39 is 8.80 Å². The second kappa shape index (κ2) is 4.01. The summed E-state index contributed by atoms with van der Waals surface area (Å²) in [5.74, 6) is 0. The van der Waals surface area contributed by atoms with Gasteiger partial charge in [0.05, 0.1) is 8.80 Å². The molecule has 0 aromatic heterocycles. The first-order chi connectivity index (χ1) is 8.25. The van der Waals surface area contributed by atoms with Gasteiger partial charge in [-0.05, 0) is 33.7 Å². The van der Waals surface area contributed by atoms with Crippen LogP contribution in [0.25, 0.3) is 21.5 Å². The Hall–Kier alpha value is -1.60. The Morgan fingerprint density at radius 2 is 1.35 bits per heavy atom. The summed E-state index contributed by atoms with van der Waals surface area (Å²) in [6.45, 7) is 4.71. The molecule has 0 N–H and O–H groups in total. The lowest BCUT2D eigenvalue weighted by Crippen LogP contribution is -2.23. The standard InChI is InChI=1S/C16H15Si/c1-17(2)16-9-5-8-14-10-12-6-3-4-7-13(12)11-15(14)16/h3-11H,1-2H3. The van der Waals surface area contributed by atoms with Crippen molar-refractivity contribution in [3.63, 3.8) is 0 Å². The zero-order valence-corrected chi connectivity index (χ0v) is 11.2. The van der Waals surface area contributed by atoms with E-state index in [2.05, 4.69) is 67.7 Å². The van der Waals surface area contributed by atoms with E-state index >= 15 is 0 Å². The van der Waals surface area contributed by atoms with E-state index in [1.165, 1.54) is 21.5 Å². The van der Waals surface area contributed by atoms with Crippen LogP contribution < -0.4 is 5.19 Å². The lowest BCUT2D eigenvalue weighted by Gasteiger charge is -2.10. The van der Waals surface area contributed by atoms with E-state index in [4.69, 9.17) is 0 Å². The Labute approximate surface area is 104 Å². The Balaban J connectivity index is 2.43. The molecule has 0 aliphatic carbocycles. The fourth-order valence-corrected chi connectivity index (χ4v) is 3.59. The monoisotopic (exact) mass is 235 g/mol. The van der Waals surface area contributed by atoms with Gasteiger partial charge in [-0.3, -0.25) is 0 Å². The number of hydrogen-bond donors (Lipinski definition) is 0. The smallest absolute Gasteiger partial charge is 0.0671 e. The highest BCUT2D eigenvalue weighted by atomic mass is 28.3. The molecule has 1 radical (unpaired) electrons. The van der Waals surface area contributed by atoms with Crippen molar-refractivity contribution >= 4 is 35.5 Å². The molecule has 3 aromatic rings. The maximum Gasteiger partial charge on any atom is 0.0799 e. The summed E-state index contributed by atoms with van der Waals surface area (Å²) in [5.41, 5.74) is 0. The van der Waals surface area contributed by atoms with Gasteiger partial charge in [0.1, 0.15) is 0 Å². The zero-order valence-electron chi connectivity index (χ0n) is 10.2. The predicted octanol–water partition coefficient (Wildman–Crippen LogP) is 3.95. The maximum absolute atomic E-state index is 2.36. The van der Waals surface area contributed by atoms with Crippen LogP contribution in [0.2, 0.25) is 13.1 Å². The highest BCUT2D eigenvalue weighted by Gasteiger charge is 2.06. The molecule has 0 spiro atoms. The molecule has 17 heavy (non-hydrogen) atoms. The Morgan fingerprint density at radius 1 is 0.706 bits per heavy atom. The van der Waals surface area contributed by atoms with Crippen LogP contribution in [0.3, 0.4) is 0 Å². The first-order valence-corrected chi connectivity index (χ1v) is 8.48. The van der Waals surface area contributed by atoms with E-state index in [0.717, 1.165) is 0 Å². The molecular weight excluding hydrogens is 220 g/mol. The van der Waals surface area contributed by atoms with E-state index in [0.29, 0.717) is 0 Å². The molecule has 0 aliphatic heterocycles. The molecule has 0 heterocycles. The van der Waals surface area contributed by atoms with Gasteiger partial charge in [-0.2, -0.15) is 0 Å². The molecule has 0 fully saturated rings. The molecule has 0 saturated heterocycles. The van der Waals surface area contributed by atoms with Crippen LogP contribution >= 0.6 is 0 Å². The summed E-state index contributed by atoms with van der Waals surface area (Å²) in [6.07, 6.45) is 0. The summed E-state index contributed by atoms with van der Waals surface area (Å²) in [5, 5.41) is 7.02. The third kappa shape index (κ3) is 1.77. The van der Waals surface area contributed by atoms with Gasteiger partial charge in [0.25, 0.3) is 0 Å². The van der Waals surface area contributed by atoms with E-state index in [9.17, 15) is 0 Å². The highest BCUT2D eigenvalue weighted by molar-refractivity contribution is 6.73. The Morgan fingerprint density at radius 3 is 2.06 bits per heavy atom. The molecule has 0 nitrogen and oxygen atoms in total. The summed E-state index contributed by atoms with van der Waals surface area (Å²) in [6, 6.07) is 19.9. The molecule has 0 aliphatic rings. The number of hydrogen-bond acceptors (Lipinski definition) is 0. The van der Waals surface area contributed by atoms with Crippen LogP contribution in [0.15, 0.2) is 54.6 Å². The summed E-state index contributed by atoms with van der Waals surface area (Å²) >= 11 is 0. The molecule has 0 amide bonds. The van der Waals surface area contributed by atoms with Crippen molar-refractivity contribution in [1.82, 2.24) is 0 Å². The normalized spacial score (nSPS) is 11.5. The molecule has 0 atom stereocenters. The molecule has 0 bridgehead atoms. The van der Waals surface area contributed by atoms with Crippen LogP contribution in [0.4, 0.5) is 0 Å². The van der Waals surface area contributed by atoms with Gasteiger partial charge in [0.15, 0.2) is 0 Å². The van der Waals surface area contributed by atoms with Crippen molar-refractivity contribution in [2.45, 2.75) is 13.1 Å². The van der Waals surface area contributed by atoms with Crippen molar-refractivity contribution in [2.24, 2.45) is 0 Å². The quantitative estimate of drug-likeness (QED) is 0.442. The van der Waals surface area contributed by atoms with Gasteiger partial charge in [-0.15, -0.1) is 0 Å².